The van der Waals surface area contributed by atoms with Gasteiger partial charge in [0.2, 0.25) is 0 Å². The van der Waals surface area contributed by atoms with Gasteiger partial charge in [-0.25, -0.2) is 8.42 Å². The first kappa shape index (κ1) is 12.5. The van der Waals surface area contributed by atoms with E-state index in [-0.39, 0.29) is 6.04 Å². The van der Waals surface area contributed by atoms with Gasteiger partial charge in [0.15, 0.2) is 0 Å². The van der Waals surface area contributed by atoms with Crippen molar-refractivity contribution >= 4 is 37.3 Å². The second-order valence-corrected chi connectivity index (χ2v) is 7.76. The van der Waals surface area contributed by atoms with Gasteiger partial charge < -0.3 is 0 Å². The SMILES string of the molecule is CCCN(C1CC1)S(=O)(=O)c1sccc1Br. The molecule has 1 heterocycles. The van der Waals surface area contributed by atoms with Crippen LogP contribution in [0, 0.1) is 0 Å². The molecule has 0 aliphatic heterocycles. The minimum atomic E-state index is -3.28. The van der Waals surface area contributed by atoms with E-state index in [1.54, 1.807) is 15.8 Å². The van der Waals surface area contributed by atoms with Crippen LogP contribution in [0.4, 0.5) is 0 Å². The molecule has 0 unspecified atom stereocenters. The van der Waals surface area contributed by atoms with Crippen LogP contribution in [0.5, 0.6) is 0 Å². The summed E-state index contributed by atoms with van der Waals surface area (Å²) in [6, 6.07) is 2.02. The van der Waals surface area contributed by atoms with E-state index >= 15 is 0 Å². The van der Waals surface area contributed by atoms with Gasteiger partial charge in [0.25, 0.3) is 10.0 Å². The number of hydrogen-bond donors (Lipinski definition) is 0. The summed E-state index contributed by atoms with van der Waals surface area (Å²) in [5.41, 5.74) is 0. The van der Waals surface area contributed by atoms with Crippen molar-refractivity contribution in [3.05, 3.63) is 15.9 Å². The Labute approximate surface area is 109 Å². The summed E-state index contributed by atoms with van der Waals surface area (Å²) in [7, 11) is -3.28. The molecular formula is C10H14BrNO2S2. The van der Waals surface area contributed by atoms with Crippen molar-refractivity contribution in [3.63, 3.8) is 0 Å². The summed E-state index contributed by atoms with van der Waals surface area (Å²) in [4.78, 5) is 0. The molecule has 0 saturated heterocycles. The van der Waals surface area contributed by atoms with E-state index in [1.165, 1.54) is 11.3 Å². The molecule has 1 saturated carbocycles. The van der Waals surface area contributed by atoms with Crippen LogP contribution < -0.4 is 0 Å². The average molecular weight is 324 g/mol. The van der Waals surface area contributed by atoms with E-state index in [9.17, 15) is 8.42 Å². The van der Waals surface area contributed by atoms with Gasteiger partial charge in [0, 0.05) is 17.1 Å². The molecule has 0 bridgehead atoms. The summed E-state index contributed by atoms with van der Waals surface area (Å²) < 4.78 is 27.6. The molecule has 0 spiro atoms. The van der Waals surface area contributed by atoms with Crippen molar-refractivity contribution in [3.8, 4) is 0 Å². The summed E-state index contributed by atoms with van der Waals surface area (Å²) >= 11 is 4.57. The Morgan fingerprint density at radius 1 is 1.56 bits per heavy atom. The van der Waals surface area contributed by atoms with Gasteiger partial charge in [0.05, 0.1) is 0 Å². The van der Waals surface area contributed by atoms with Crippen LogP contribution in [0.3, 0.4) is 0 Å². The molecule has 0 atom stereocenters. The monoisotopic (exact) mass is 323 g/mol. The van der Waals surface area contributed by atoms with Crippen molar-refractivity contribution < 1.29 is 8.42 Å². The van der Waals surface area contributed by atoms with Gasteiger partial charge in [-0.3, -0.25) is 0 Å². The quantitative estimate of drug-likeness (QED) is 0.835. The Kier molecular flexibility index (Phi) is 3.73. The van der Waals surface area contributed by atoms with Gasteiger partial charge in [-0.2, -0.15) is 4.31 Å². The summed E-state index contributed by atoms with van der Waals surface area (Å²) in [6.45, 7) is 2.63. The zero-order valence-corrected chi connectivity index (χ0v) is 12.2. The topological polar surface area (TPSA) is 37.4 Å². The zero-order valence-electron chi connectivity index (χ0n) is 9.02. The van der Waals surface area contributed by atoms with Crippen LogP contribution in [0.15, 0.2) is 20.1 Å². The van der Waals surface area contributed by atoms with Crippen LogP contribution in [-0.4, -0.2) is 25.3 Å². The molecule has 1 aromatic rings. The first-order valence-corrected chi connectivity index (χ1v) is 8.43. The van der Waals surface area contributed by atoms with Crippen molar-refractivity contribution in [2.45, 2.75) is 36.4 Å². The smallest absolute Gasteiger partial charge is 0.206 e. The molecule has 0 N–H and O–H groups in total. The van der Waals surface area contributed by atoms with Gasteiger partial charge in [-0.1, -0.05) is 6.92 Å². The lowest BCUT2D eigenvalue weighted by Crippen LogP contribution is -2.33. The van der Waals surface area contributed by atoms with Crippen molar-refractivity contribution in [2.24, 2.45) is 0 Å². The second kappa shape index (κ2) is 4.76. The molecule has 0 aromatic carbocycles. The van der Waals surface area contributed by atoms with E-state index in [0.29, 0.717) is 15.2 Å². The van der Waals surface area contributed by atoms with Crippen molar-refractivity contribution in [1.29, 1.82) is 0 Å². The molecule has 0 radical (unpaired) electrons. The molecule has 1 aromatic heterocycles. The van der Waals surface area contributed by atoms with E-state index in [0.717, 1.165) is 19.3 Å². The molecule has 16 heavy (non-hydrogen) atoms. The predicted octanol–water partition coefficient (Wildman–Crippen LogP) is 3.07. The summed E-state index contributed by atoms with van der Waals surface area (Å²) in [5, 5.41) is 1.80. The van der Waals surface area contributed by atoms with E-state index in [4.69, 9.17) is 0 Å². The third kappa shape index (κ3) is 2.34. The Balaban J connectivity index is 2.32. The fourth-order valence-electron chi connectivity index (χ4n) is 1.65. The number of sulfonamides is 1. The van der Waals surface area contributed by atoms with Crippen LogP contribution in [0.25, 0.3) is 0 Å². The molecule has 6 heteroatoms. The molecule has 1 fully saturated rings. The second-order valence-electron chi connectivity index (χ2n) is 3.90. The van der Waals surface area contributed by atoms with Crippen LogP contribution in [0.1, 0.15) is 26.2 Å². The lowest BCUT2D eigenvalue weighted by molar-refractivity contribution is 0.404. The number of halogens is 1. The Morgan fingerprint density at radius 3 is 2.69 bits per heavy atom. The number of hydrogen-bond acceptors (Lipinski definition) is 3. The van der Waals surface area contributed by atoms with Crippen LogP contribution in [-0.2, 0) is 10.0 Å². The highest BCUT2D eigenvalue weighted by atomic mass is 79.9. The minimum absolute atomic E-state index is 0.235. The van der Waals surface area contributed by atoms with Gasteiger partial charge >= 0.3 is 0 Å². The largest absolute Gasteiger partial charge is 0.253 e. The number of rotatable bonds is 5. The summed E-state index contributed by atoms with van der Waals surface area (Å²) in [6.07, 6.45) is 2.86. The lowest BCUT2D eigenvalue weighted by Gasteiger charge is -2.20. The fourth-order valence-corrected chi connectivity index (χ4v) is 5.86. The highest BCUT2D eigenvalue weighted by molar-refractivity contribution is 9.10. The van der Waals surface area contributed by atoms with Gasteiger partial charge in [-0.05, 0) is 46.6 Å². The normalized spacial score (nSPS) is 16.9. The number of nitrogens with zero attached hydrogens (tertiary/aromatic N) is 1. The lowest BCUT2D eigenvalue weighted by atomic mass is 10.5. The van der Waals surface area contributed by atoms with Gasteiger partial charge in [0.1, 0.15) is 4.21 Å². The van der Waals surface area contributed by atoms with E-state index in [2.05, 4.69) is 15.9 Å². The maximum atomic E-state index is 12.4. The van der Waals surface area contributed by atoms with E-state index in [1.807, 2.05) is 6.92 Å². The summed E-state index contributed by atoms with van der Waals surface area (Å²) in [5.74, 6) is 0. The molecule has 0 amide bonds. The molecular weight excluding hydrogens is 310 g/mol. The molecule has 90 valence electrons. The average Bonchev–Trinajstić information content (AvgIpc) is 2.96. The maximum Gasteiger partial charge on any atom is 0.253 e. The zero-order chi connectivity index (χ0) is 11.8. The Bertz CT molecular complexity index is 465. The van der Waals surface area contributed by atoms with E-state index < -0.39 is 10.0 Å². The van der Waals surface area contributed by atoms with Crippen LogP contribution >= 0.6 is 27.3 Å². The molecule has 1 aliphatic rings. The van der Waals surface area contributed by atoms with Crippen LogP contribution in [0.2, 0.25) is 0 Å². The highest BCUT2D eigenvalue weighted by Gasteiger charge is 2.38. The fraction of sp³-hybridized carbons (Fsp3) is 0.600. The standard InChI is InChI=1S/C10H14BrNO2S2/c1-2-6-12(8-3-4-8)16(13,14)10-9(11)5-7-15-10/h5,7-8H,2-4,6H2,1H3. The van der Waals surface area contributed by atoms with Gasteiger partial charge in [-0.15, -0.1) is 11.3 Å². The molecule has 1 aliphatic carbocycles. The van der Waals surface area contributed by atoms with Crippen molar-refractivity contribution in [2.75, 3.05) is 6.54 Å². The van der Waals surface area contributed by atoms with Crippen molar-refractivity contribution in [1.82, 2.24) is 4.31 Å². The predicted molar refractivity (Wildman–Crippen MR) is 69.2 cm³/mol. The maximum absolute atomic E-state index is 12.4. The first-order chi connectivity index (χ1) is 7.57. The third-order valence-electron chi connectivity index (χ3n) is 2.53. The first-order valence-electron chi connectivity index (χ1n) is 5.32. The Morgan fingerprint density at radius 2 is 2.25 bits per heavy atom. The minimum Gasteiger partial charge on any atom is -0.206 e. The molecule has 3 nitrogen and oxygen atoms in total. The molecule has 2 rings (SSSR count). The highest BCUT2D eigenvalue weighted by Crippen LogP contribution is 2.36. The Hall–Kier alpha value is 0.0900. The third-order valence-corrected chi connectivity index (χ3v) is 7.12. The number of thiophene rings is 1.